The van der Waals surface area contributed by atoms with Crippen LogP contribution in [0.4, 0.5) is 0 Å². The van der Waals surface area contributed by atoms with Gasteiger partial charge in [0, 0.05) is 0 Å². The van der Waals surface area contributed by atoms with E-state index in [0.29, 0.717) is 73.6 Å². The van der Waals surface area contributed by atoms with Crippen LogP contribution in [-0.2, 0) is 38.5 Å². The first-order valence-electron chi connectivity index (χ1n) is 24.3. The zero-order valence-electron chi connectivity index (χ0n) is 41.0. The third-order valence-electron chi connectivity index (χ3n) is 13.6. The highest BCUT2D eigenvalue weighted by Crippen LogP contribution is 2.46. The molecule has 0 aromatic heterocycles. The summed E-state index contributed by atoms with van der Waals surface area (Å²) < 4.78 is 0. The number of benzene rings is 8. The topological polar surface area (TPSA) is 324 Å². The molecule has 0 spiro atoms. The van der Waals surface area contributed by atoms with Gasteiger partial charge in [0.1, 0.15) is 23.0 Å². The molecule has 8 aromatic rings. The fraction of sp³-hybridized carbons (Fsp3) is 0.200. The van der Waals surface area contributed by atoms with E-state index in [4.69, 9.17) is 0 Å². The second-order valence-corrected chi connectivity index (χ2v) is 19.1. The Kier molecular flexibility index (Phi) is 17.2. The molecule has 0 saturated heterocycles. The summed E-state index contributed by atoms with van der Waals surface area (Å²) in [4.78, 5) is 0. The first-order valence-corrected chi connectivity index (χ1v) is 24.3. The maximum absolute atomic E-state index is 10.3. The number of phenolic OH excluding ortho intramolecular Hbond substituents is 16. The average molecular weight is 1040 g/mol. The Morgan fingerprint density at radius 2 is 0.487 bits per heavy atom. The van der Waals surface area contributed by atoms with Crippen molar-refractivity contribution in [3.63, 3.8) is 0 Å². The zero-order valence-corrected chi connectivity index (χ0v) is 41.0. The van der Waals surface area contributed by atoms with Crippen molar-refractivity contribution in [3.8, 4) is 92.0 Å². The summed E-state index contributed by atoms with van der Waals surface area (Å²) in [6.07, 6.45) is 3.60. The fourth-order valence-corrected chi connectivity index (χ4v) is 9.84. The van der Waals surface area contributed by atoms with E-state index < -0.39 is 69.0 Å². The van der Waals surface area contributed by atoms with Crippen molar-refractivity contribution in [1.29, 1.82) is 0 Å². The predicted octanol–water partition coefficient (Wildman–Crippen LogP) is 10.3. The van der Waals surface area contributed by atoms with E-state index in [1.807, 2.05) is 24.3 Å². The van der Waals surface area contributed by atoms with Gasteiger partial charge in [0.2, 0.25) is 0 Å². The molecule has 0 bridgehead atoms. The van der Waals surface area contributed by atoms with Gasteiger partial charge in [-0.05, 0) is 217 Å². The van der Waals surface area contributed by atoms with E-state index in [0.717, 1.165) is 22.3 Å². The second-order valence-electron chi connectivity index (χ2n) is 19.1. The highest BCUT2D eigenvalue weighted by atomic mass is 16.3. The van der Waals surface area contributed by atoms with Gasteiger partial charge in [0.05, 0.1) is 0 Å². The third-order valence-corrected chi connectivity index (χ3v) is 13.6. The van der Waals surface area contributed by atoms with Crippen molar-refractivity contribution in [3.05, 3.63) is 190 Å². The molecule has 0 radical (unpaired) electrons. The summed E-state index contributed by atoms with van der Waals surface area (Å²) in [5.74, 6) is -6.67. The Morgan fingerprint density at radius 1 is 0.250 bits per heavy atom. The summed E-state index contributed by atoms with van der Waals surface area (Å²) in [5.41, 5.74) is 5.60. The van der Waals surface area contributed by atoms with E-state index >= 15 is 0 Å². The molecule has 0 amide bonds. The van der Waals surface area contributed by atoms with Crippen molar-refractivity contribution in [2.45, 2.75) is 63.2 Å². The lowest BCUT2D eigenvalue weighted by Crippen LogP contribution is -2.19. The Morgan fingerprint density at radius 3 is 0.737 bits per heavy atom. The summed E-state index contributed by atoms with van der Waals surface area (Å²) in [6, 6.07) is 38.3. The molecule has 8 aromatic carbocycles. The van der Waals surface area contributed by atoms with Crippen LogP contribution < -0.4 is 0 Å². The molecule has 16 N–H and O–H groups in total. The molecule has 0 aliphatic carbocycles. The average Bonchev–Trinajstić information content (AvgIpc) is 3.37. The minimum Gasteiger partial charge on any atom is -0.508 e. The zero-order chi connectivity index (χ0) is 54.8. The van der Waals surface area contributed by atoms with E-state index in [9.17, 15) is 81.7 Å². The van der Waals surface area contributed by atoms with Crippen LogP contribution in [0.2, 0.25) is 0 Å². The van der Waals surface area contributed by atoms with Crippen LogP contribution in [0.5, 0.6) is 92.0 Å². The molecular weight excluding hydrogens is 977 g/mol. The van der Waals surface area contributed by atoms with Crippen LogP contribution in [-0.4, -0.2) is 81.7 Å². The van der Waals surface area contributed by atoms with Crippen LogP contribution in [0, 0.1) is 11.8 Å². The number of hydrogen-bond acceptors (Lipinski definition) is 16. The van der Waals surface area contributed by atoms with E-state index in [1.54, 1.807) is 72.8 Å². The van der Waals surface area contributed by atoms with E-state index in [-0.39, 0.29) is 46.7 Å². The van der Waals surface area contributed by atoms with Crippen molar-refractivity contribution >= 4 is 0 Å². The Labute approximate surface area is 437 Å². The molecular formula is C60H60O16. The van der Waals surface area contributed by atoms with Crippen LogP contribution in [0.25, 0.3) is 0 Å². The summed E-state index contributed by atoms with van der Waals surface area (Å²) in [6.45, 7) is 0. The number of aryl methyl sites for hydroxylation is 2. The molecule has 16 heteroatoms. The van der Waals surface area contributed by atoms with Crippen LogP contribution in [0.15, 0.2) is 146 Å². The predicted molar refractivity (Wildman–Crippen MR) is 282 cm³/mol. The van der Waals surface area contributed by atoms with Gasteiger partial charge >= 0.3 is 0 Å². The lowest BCUT2D eigenvalue weighted by atomic mass is 9.75. The highest BCUT2D eigenvalue weighted by molar-refractivity contribution is 5.55. The molecule has 0 aliphatic heterocycles. The number of rotatable bonds is 18. The van der Waals surface area contributed by atoms with Crippen molar-refractivity contribution < 1.29 is 81.7 Å². The maximum atomic E-state index is 10.3. The van der Waals surface area contributed by atoms with Crippen LogP contribution >= 0.6 is 0 Å². The largest absolute Gasteiger partial charge is 0.508 e. The first-order chi connectivity index (χ1) is 36.2. The standard InChI is InChI=1S/2C30H30O8/c2*31-22-5-1-3-17(10-22)9-20(8-7-19-13-25(33)29(37)26(34)14-19)24(12-18-4-2-6-23(32)11-18)21-15-27(35)30(38)28(36)16-21/h2*1-6,10-11,13-16,20,24,31-38H,7-9,12H2/t2*20-,24-/m10/s1. The van der Waals surface area contributed by atoms with Crippen LogP contribution in [0.1, 0.15) is 69.2 Å². The van der Waals surface area contributed by atoms with Gasteiger partial charge < -0.3 is 81.7 Å². The van der Waals surface area contributed by atoms with Crippen LogP contribution in [0.3, 0.4) is 0 Å². The van der Waals surface area contributed by atoms with Gasteiger partial charge in [0.15, 0.2) is 69.0 Å². The lowest BCUT2D eigenvalue weighted by molar-refractivity contribution is 0.357. The monoisotopic (exact) mass is 1040 g/mol. The second kappa shape index (κ2) is 24.1. The molecule has 396 valence electrons. The van der Waals surface area contributed by atoms with Crippen molar-refractivity contribution in [1.82, 2.24) is 0 Å². The molecule has 0 aliphatic rings. The smallest absolute Gasteiger partial charge is 0.200 e. The van der Waals surface area contributed by atoms with Gasteiger partial charge in [-0.3, -0.25) is 0 Å². The normalized spacial score (nSPS) is 12.7. The highest BCUT2D eigenvalue weighted by Gasteiger charge is 2.29. The third kappa shape index (κ3) is 14.0. The molecule has 8 rings (SSSR count). The van der Waals surface area contributed by atoms with E-state index in [1.165, 1.54) is 48.5 Å². The molecule has 0 fully saturated rings. The molecule has 0 unspecified atom stereocenters. The first kappa shape index (κ1) is 54.3. The Balaban J connectivity index is 0.000000221. The number of hydrogen-bond donors (Lipinski definition) is 16. The summed E-state index contributed by atoms with van der Waals surface area (Å²) in [7, 11) is 0. The molecule has 76 heavy (non-hydrogen) atoms. The molecule has 0 saturated carbocycles. The molecule has 16 nitrogen and oxygen atoms in total. The van der Waals surface area contributed by atoms with Crippen molar-refractivity contribution in [2.75, 3.05) is 0 Å². The number of phenols is 16. The Bertz CT molecular complexity index is 2990. The van der Waals surface area contributed by atoms with Gasteiger partial charge in [0.25, 0.3) is 0 Å². The molecule has 0 heterocycles. The summed E-state index contributed by atoms with van der Waals surface area (Å²) in [5, 5.41) is 160. The van der Waals surface area contributed by atoms with Gasteiger partial charge in [-0.1, -0.05) is 48.5 Å². The maximum Gasteiger partial charge on any atom is 0.200 e. The quantitative estimate of drug-likeness (QED) is 0.0355. The molecule has 4 atom stereocenters. The minimum absolute atomic E-state index is 0.0947. The van der Waals surface area contributed by atoms with Crippen molar-refractivity contribution in [2.24, 2.45) is 11.8 Å². The SMILES string of the molecule is Oc1cccc(C[C@@H](CCc2cc(O)c(O)c(O)c2)[C@@H](Cc2cccc(O)c2)c2cc(O)c(O)c(O)c2)c1.Oc1cccc(C[C@H](CCc2cc(O)c(O)c(O)c2)[C@H](Cc2cccc(O)c2)c2cc(O)c(O)c(O)c2)c1. The summed E-state index contributed by atoms with van der Waals surface area (Å²) >= 11 is 0. The number of aromatic hydroxyl groups is 16. The lowest BCUT2D eigenvalue weighted by Gasteiger charge is -2.29. The van der Waals surface area contributed by atoms with Gasteiger partial charge in [-0.2, -0.15) is 0 Å². The van der Waals surface area contributed by atoms with Gasteiger partial charge in [-0.25, -0.2) is 0 Å². The van der Waals surface area contributed by atoms with E-state index in [2.05, 4.69) is 0 Å². The minimum atomic E-state index is -0.621. The fourth-order valence-electron chi connectivity index (χ4n) is 9.84. The Hall–Kier alpha value is -9.44. The van der Waals surface area contributed by atoms with Gasteiger partial charge in [-0.15, -0.1) is 0 Å².